The van der Waals surface area contributed by atoms with Crippen LogP contribution in [0, 0.1) is 0 Å². The lowest BCUT2D eigenvalue weighted by Gasteiger charge is -2.13. The topological polar surface area (TPSA) is 77.8 Å². The molecular formula is C54H32N4O2. The minimum atomic E-state index is 0.555. The van der Waals surface area contributed by atoms with Gasteiger partial charge < -0.3 is 8.83 Å². The highest BCUT2D eigenvalue weighted by Gasteiger charge is 2.23. The first-order valence-corrected chi connectivity index (χ1v) is 20.0. The number of furan rings is 1. The van der Waals surface area contributed by atoms with Gasteiger partial charge >= 0.3 is 0 Å². The van der Waals surface area contributed by atoms with Crippen LogP contribution < -0.4 is 0 Å². The second kappa shape index (κ2) is 13.7. The number of fused-ring (bicyclic) bond motifs is 7. The molecule has 0 aliphatic heterocycles. The fourth-order valence-corrected chi connectivity index (χ4v) is 8.43. The van der Waals surface area contributed by atoms with E-state index in [-0.39, 0.29) is 0 Å². The molecule has 12 aromatic rings. The van der Waals surface area contributed by atoms with Crippen molar-refractivity contribution in [3.63, 3.8) is 0 Å². The van der Waals surface area contributed by atoms with Crippen molar-refractivity contribution < 1.29 is 8.83 Å². The van der Waals surface area contributed by atoms with Crippen LogP contribution in [0.25, 0.3) is 122 Å². The summed E-state index contributed by atoms with van der Waals surface area (Å²) in [4.78, 5) is 20.4. The molecule has 0 atom stereocenters. The van der Waals surface area contributed by atoms with Gasteiger partial charge in [0.05, 0.1) is 5.39 Å². The predicted molar refractivity (Wildman–Crippen MR) is 242 cm³/mol. The third-order valence-electron chi connectivity index (χ3n) is 11.4. The average molecular weight is 769 g/mol. The molecule has 0 saturated carbocycles. The van der Waals surface area contributed by atoms with Crippen LogP contribution in [-0.2, 0) is 0 Å². The van der Waals surface area contributed by atoms with Crippen LogP contribution >= 0.6 is 0 Å². The van der Waals surface area contributed by atoms with E-state index < -0.39 is 0 Å². The Morgan fingerprint density at radius 2 is 0.883 bits per heavy atom. The highest BCUT2D eigenvalue weighted by Crippen LogP contribution is 2.45. The molecule has 0 N–H and O–H groups in total. The maximum atomic E-state index is 6.73. The Hall–Kier alpha value is -8.22. The number of oxazole rings is 1. The zero-order valence-electron chi connectivity index (χ0n) is 32.1. The summed E-state index contributed by atoms with van der Waals surface area (Å²) in [5, 5.41) is 6.23. The summed E-state index contributed by atoms with van der Waals surface area (Å²) in [6.07, 6.45) is 0. The molecule has 280 valence electrons. The normalized spacial score (nSPS) is 11.7. The van der Waals surface area contributed by atoms with Crippen molar-refractivity contribution in [2.45, 2.75) is 0 Å². The van der Waals surface area contributed by atoms with Gasteiger partial charge in [0, 0.05) is 33.2 Å². The number of benzene rings is 9. The third kappa shape index (κ3) is 5.65. The van der Waals surface area contributed by atoms with Gasteiger partial charge in [0.1, 0.15) is 16.7 Å². The quantitative estimate of drug-likeness (QED) is 0.168. The molecule has 12 rings (SSSR count). The van der Waals surface area contributed by atoms with Gasteiger partial charge in [-0.3, -0.25) is 0 Å². The zero-order valence-corrected chi connectivity index (χ0v) is 32.1. The van der Waals surface area contributed by atoms with E-state index in [9.17, 15) is 0 Å². The summed E-state index contributed by atoms with van der Waals surface area (Å²) in [6.45, 7) is 0. The van der Waals surface area contributed by atoms with E-state index >= 15 is 0 Å². The van der Waals surface area contributed by atoms with Crippen molar-refractivity contribution in [1.29, 1.82) is 0 Å². The van der Waals surface area contributed by atoms with E-state index in [2.05, 4.69) is 140 Å². The van der Waals surface area contributed by atoms with Crippen molar-refractivity contribution in [1.82, 2.24) is 19.9 Å². The van der Waals surface area contributed by atoms with Crippen LogP contribution in [0.1, 0.15) is 0 Å². The molecule has 0 amide bonds. The van der Waals surface area contributed by atoms with Gasteiger partial charge in [-0.25, -0.2) is 19.9 Å². The number of rotatable bonds is 6. The van der Waals surface area contributed by atoms with Crippen LogP contribution in [0.3, 0.4) is 0 Å². The van der Waals surface area contributed by atoms with Crippen LogP contribution in [0.4, 0.5) is 0 Å². The third-order valence-corrected chi connectivity index (χ3v) is 11.4. The maximum absolute atomic E-state index is 6.73. The lowest BCUT2D eigenvalue weighted by atomic mass is 9.93. The highest BCUT2D eigenvalue weighted by molar-refractivity contribution is 6.22. The Morgan fingerprint density at radius 1 is 0.317 bits per heavy atom. The van der Waals surface area contributed by atoms with Crippen LogP contribution in [0.2, 0.25) is 0 Å². The fourth-order valence-electron chi connectivity index (χ4n) is 8.43. The molecule has 0 spiro atoms. The zero-order chi connectivity index (χ0) is 39.6. The molecule has 0 aliphatic carbocycles. The minimum absolute atomic E-state index is 0.555. The van der Waals surface area contributed by atoms with Gasteiger partial charge in [0.15, 0.2) is 23.1 Å². The highest BCUT2D eigenvalue weighted by atomic mass is 16.4. The Balaban J connectivity index is 1.04. The largest absolute Gasteiger partial charge is 0.455 e. The smallest absolute Gasteiger partial charge is 0.227 e. The Labute approximate surface area is 344 Å². The lowest BCUT2D eigenvalue weighted by molar-refractivity contribution is 0.619. The number of aromatic nitrogens is 4. The monoisotopic (exact) mass is 768 g/mol. The second-order valence-corrected chi connectivity index (χ2v) is 15.0. The molecule has 0 bridgehead atoms. The van der Waals surface area contributed by atoms with Crippen LogP contribution in [0.15, 0.2) is 203 Å². The van der Waals surface area contributed by atoms with E-state index in [1.165, 1.54) is 0 Å². The standard InChI is InChI=1S/C54H32N4O2/c1-3-13-33(14-4-1)35-23-26-37(27-24-35)54-55-49-47(60-54)32-45(50-48(49)44-21-11-12-22-46(44)59-50)42-29-30-43(41-20-10-9-19-40(41)42)53-57-51(36-16-5-2-6-17-36)56-52(58-53)39-28-25-34-15-7-8-18-38(34)31-39/h1-32H. The second-order valence-electron chi connectivity index (χ2n) is 15.0. The molecule has 6 nitrogen and oxygen atoms in total. The van der Waals surface area contributed by atoms with E-state index in [1.54, 1.807) is 0 Å². The van der Waals surface area contributed by atoms with Crippen molar-refractivity contribution in [3.8, 4) is 67.9 Å². The van der Waals surface area contributed by atoms with Gasteiger partial charge in [-0.05, 0) is 74.6 Å². The Morgan fingerprint density at radius 3 is 1.67 bits per heavy atom. The summed E-state index contributed by atoms with van der Waals surface area (Å²) in [6, 6.07) is 66.4. The first-order valence-electron chi connectivity index (χ1n) is 20.0. The molecule has 0 aliphatic rings. The van der Waals surface area contributed by atoms with E-state index in [4.69, 9.17) is 28.8 Å². The summed E-state index contributed by atoms with van der Waals surface area (Å²) >= 11 is 0. The first-order chi connectivity index (χ1) is 29.7. The summed E-state index contributed by atoms with van der Waals surface area (Å²) in [7, 11) is 0. The number of hydrogen-bond acceptors (Lipinski definition) is 6. The van der Waals surface area contributed by atoms with Crippen LogP contribution in [0.5, 0.6) is 0 Å². The molecule has 6 heteroatoms. The number of hydrogen-bond donors (Lipinski definition) is 0. The van der Waals surface area contributed by atoms with Crippen molar-refractivity contribution >= 4 is 54.6 Å². The summed E-state index contributed by atoms with van der Waals surface area (Å²) in [5.41, 5.74) is 10.8. The molecule has 9 aromatic carbocycles. The number of para-hydroxylation sites is 1. The molecular weight excluding hydrogens is 737 g/mol. The molecule has 60 heavy (non-hydrogen) atoms. The predicted octanol–water partition coefficient (Wildman–Crippen LogP) is 14.2. The molecule has 3 aromatic heterocycles. The van der Waals surface area contributed by atoms with Gasteiger partial charge in [0.25, 0.3) is 0 Å². The maximum Gasteiger partial charge on any atom is 0.227 e. The Bertz CT molecular complexity index is 3590. The first kappa shape index (κ1) is 33.9. The average Bonchev–Trinajstić information content (AvgIpc) is 3.93. The van der Waals surface area contributed by atoms with Gasteiger partial charge in [-0.2, -0.15) is 0 Å². The van der Waals surface area contributed by atoms with Crippen LogP contribution in [-0.4, -0.2) is 19.9 Å². The van der Waals surface area contributed by atoms with Gasteiger partial charge in [-0.15, -0.1) is 0 Å². The Kier molecular flexibility index (Phi) is 7.74. The summed E-state index contributed by atoms with van der Waals surface area (Å²) in [5.74, 6) is 2.38. The molecule has 3 heterocycles. The molecule has 0 saturated heterocycles. The molecule has 0 radical (unpaired) electrons. The van der Waals surface area contributed by atoms with E-state index in [1.807, 2.05) is 54.6 Å². The summed E-state index contributed by atoms with van der Waals surface area (Å²) < 4.78 is 13.4. The van der Waals surface area contributed by atoms with Crippen molar-refractivity contribution in [2.75, 3.05) is 0 Å². The van der Waals surface area contributed by atoms with Crippen molar-refractivity contribution in [3.05, 3.63) is 194 Å². The van der Waals surface area contributed by atoms with Crippen molar-refractivity contribution in [2.24, 2.45) is 0 Å². The van der Waals surface area contributed by atoms with Gasteiger partial charge in [0.2, 0.25) is 5.89 Å². The molecule has 0 unspecified atom stereocenters. The van der Waals surface area contributed by atoms with E-state index in [0.717, 1.165) is 93.5 Å². The van der Waals surface area contributed by atoms with E-state index in [0.29, 0.717) is 28.9 Å². The molecule has 0 fully saturated rings. The lowest BCUT2D eigenvalue weighted by Crippen LogP contribution is -2.00. The van der Waals surface area contributed by atoms with Gasteiger partial charge in [-0.1, -0.05) is 158 Å². The number of nitrogens with zero attached hydrogens (tertiary/aromatic N) is 4. The minimum Gasteiger partial charge on any atom is -0.455 e. The SMILES string of the molecule is c1ccc(-c2ccc(-c3nc4c(cc(-c5ccc(-c6nc(-c7ccccc7)nc(-c7ccc8ccccc8c7)n6)c6ccccc56)c5oc6ccccc6c54)o3)cc2)cc1. The fraction of sp³-hybridized carbons (Fsp3) is 0.